The second kappa shape index (κ2) is 9.08. The van der Waals surface area contributed by atoms with Crippen LogP contribution in [0.25, 0.3) is 0 Å². The minimum Gasteiger partial charge on any atom is -0.473 e. The molecule has 0 heterocycles. The normalized spacial score (nSPS) is 10.4. The van der Waals surface area contributed by atoms with Gasteiger partial charge in [0.05, 0.1) is 15.1 Å². The van der Waals surface area contributed by atoms with Crippen LogP contribution in [0.1, 0.15) is 28.4 Å². The maximum absolute atomic E-state index is 12.5. The Balaban J connectivity index is 2.33. The summed E-state index contributed by atoms with van der Waals surface area (Å²) in [5.41, 5.74) is 1.36. The van der Waals surface area contributed by atoms with E-state index in [4.69, 9.17) is 44.6 Å². The average Bonchev–Trinajstić information content (AvgIpc) is 2.64. The number of rotatable bonds is 5. The van der Waals surface area contributed by atoms with Crippen LogP contribution < -0.4 is 4.74 Å². The van der Waals surface area contributed by atoms with E-state index in [-0.39, 0.29) is 21.7 Å². The lowest BCUT2D eigenvalue weighted by atomic mass is 10.1. The number of carbonyl (C=O) groups excluding carboxylic acids is 2. The first-order chi connectivity index (χ1) is 12.7. The number of ether oxygens (including phenoxy) is 2. The van der Waals surface area contributed by atoms with Crippen molar-refractivity contribution in [1.29, 1.82) is 0 Å². The Morgan fingerprint density at radius 1 is 1.04 bits per heavy atom. The molecule has 2 aromatic carbocycles. The van der Waals surface area contributed by atoms with Crippen molar-refractivity contribution in [2.24, 2.45) is 0 Å². The lowest BCUT2D eigenvalue weighted by molar-refractivity contribution is -0.158. The summed E-state index contributed by atoms with van der Waals surface area (Å²) in [4.78, 5) is 34.6. The van der Waals surface area contributed by atoms with E-state index in [1.165, 1.54) is 0 Å². The summed E-state index contributed by atoms with van der Waals surface area (Å²) in [6, 6.07) is 8.51. The maximum atomic E-state index is 12.5. The van der Waals surface area contributed by atoms with Crippen molar-refractivity contribution in [3.8, 4) is 5.75 Å². The van der Waals surface area contributed by atoms with Crippen LogP contribution in [0.3, 0.4) is 0 Å². The van der Waals surface area contributed by atoms with Crippen molar-refractivity contribution in [1.82, 2.24) is 0 Å². The molecule has 142 valence electrons. The number of carboxylic acids is 1. The highest BCUT2D eigenvalue weighted by atomic mass is 35.5. The van der Waals surface area contributed by atoms with Gasteiger partial charge >= 0.3 is 17.9 Å². The minimum absolute atomic E-state index is 0.0839. The van der Waals surface area contributed by atoms with Gasteiger partial charge < -0.3 is 14.6 Å². The molecule has 1 N–H and O–H groups in total. The molecule has 0 saturated carbocycles. The number of aryl methyl sites for hydroxylation is 1. The van der Waals surface area contributed by atoms with Crippen molar-refractivity contribution >= 4 is 52.7 Å². The summed E-state index contributed by atoms with van der Waals surface area (Å²) in [5, 5.41) is 8.07. The van der Waals surface area contributed by atoms with Crippen LogP contribution in [0, 0.1) is 0 Å². The second-order valence-corrected chi connectivity index (χ2v) is 6.49. The molecule has 0 amide bonds. The fraction of sp³-hybridized carbons (Fsp3) is 0.167. The van der Waals surface area contributed by atoms with Gasteiger partial charge in [0.15, 0.2) is 5.75 Å². The van der Waals surface area contributed by atoms with E-state index < -0.39 is 29.2 Å². The quantitative estimate of drug-likeness (QED) is 0.323. The molecule has 0 fully saturated rings. The first kappa shape index (κ1) is 21.0. The van der Waals surface area contributed by atoms with Gasteiger partial charge in [0, 0.05) is 0 Å². The van der Waals surface area contributed by atoms with Gasteiger partial charge in [0.2, 0.25) is 0 Å². The van der Waals surface area contributed by atoms with E-state index in [2.05, 4.69) is 4.74 Å². The van der Waals surface area contributed by atoms with Crippen LogP contribution in [0.2, 0.25) is 15.1 Å². The van der Waals surface area contributed by atoms with Gasteiger partial charge in [-0.3, -0.25) is 0 Å². The summed E-state index contributed by atoms with van der Waals surface area (Å²) in [6.07, 6.45) is 0.812. The van der Waals surface area contributed by atoms with Gasteiger partial charge in [0.25, 0.3) is 0 Å². The van der Waals surface area contributed by atoms with E-state index in [1.54, 1.807) is 6.07 Å². The molecule has 27 heavy (non-hydrogen) atoms. The van der Waals surface area contributed by atoms with E-state index in [9.17, 15) is 14.4 Å². The Morgan fingerprint density at radius 2 is 1.70 bits per heavy atom. The number of carboxylic acid groups (broad SMARTS) is 1. The zero-order chi connectivity index (χ0) is 20.1. The van der Waals surface area contributed by atoms with E-state index >= 15 is 0 Å². The zero-order valence-corrected chi connectivity index (χ0v) is 16.2. The van der Waals surface area contributed by atoms with Crippen LogP contribution >= 0.6 is 34.8 Å². The second-order valence-electron chi connectivity index (χ2n) is 5.30. The molecular formula is C18H13Cl3O6. The SMILES string of the molecule is CCc1cccc(COC(=O)c2c(Cl)c(Cl)cc(Cl)c2OC(=O)C(=O)O)c1. The lowest BCUT2D eigenvalue weighted by Crippen LogP contribution is -2.21. The Morgan fingerprint density at radius 3 is 2.33 bits per heavy atom. The molecule has 0 unspecified atom stereocenters. The van der Waals surface area contributed by atoms with E-state index in [0.29, 0.717) is 0 Å². The molecule has 0 spiro atoms. The molecule has 0 atom stereocenters. The van der Waals surface area contributed by atoms with Gasteiger partial charge in [-0.15, -0.1) is 0 Å². The number of aliphatic carboxylic acids is 1. The van der Waals surface area contributed by atoms with Crippen LogP contribution in [0.5, 0.6) is 5.75 Å². The lowest BCUT2D eigenvalue weighted by Gasteiger charge is -2.13. The highest BCUT2D eigenvalue weighted by Gasteiger charge is 2.27. The zero-order valence-electron chi connectivity index (χ0n) is 13.9. The number of hydrogen-bond acceptors (Lipinski definition) is 5. The van der Waals surface area contributed by atoms with E-state index in [0.717, 1.165) is 23.6 Å². The van der Waals surface area contributed by atoms with Crippen molar-refractivity contribution < 1.29 is 29.0 Å². The van der Waals surface area contributed by atoms with Gasteiger partial charge in [0.1, 0.15) is 12.2 Å². The minimum atomic E-state index is -1.87. The molecule has 0 bridgehead atoms. The van der Waals surface area contributed by atoms with E-state index in [1.807, 2.05) is 25.1 Å². The number of hydrogen-bond donors (Lipinski definition) is 1. The largest absolute Gasteiger partial charge is 0.473 e. The van der Waals surface area contributed by atoms with Gasteiger partial charge in [-0.05, 0) is 23.6 Å². The topological polar surface area (TPSA) is 89.9 Å². The number of benzene rings is 2. The molecule has 2 rings (SSSR count). The molecule has 2 aromatic rings. The van der Waals surface area contributed by atoms with Crippen LogP contribution in [-0.4, -0.2) is 23.0 Å². The van der Waals surface area contributed by atoms with Gasteiger partial charge in [-0.2, -0.15) is 0 Å². The first-order valence-corrected chi connectivity index (χ1v) is 8.75. The third-order valence-corrected chi connectivity index (χ3v) is 4.54. The van der Waals surface area contributed by atoms with Crippen molar-refractivity contribution in [3.63, 3.8) is 0 Å². The van der Waals surface area contributed by atoms with Crippen molar-refractivity contribution in [2.75, 3.05) is 0 Å². The van der Waals surface area contributed by atoms with Crippen molar-refractivity contribution in [3.05, 3.63) is 62.1 Å². The smallest absolute Gasteiger partial charge is 0.422 e. The standard InChI is InChI=1S/C18H13Cl3O6/c1-2-9-4-3-5-10(6-9)8-26-17(24)13-14(21)11(19)7-12(20)15(13)27-18(25)16(22)23/h3-7H,2,8H2,1H3,(H,22,23). The Bertz CT molecular complexity index is 910. The molecule has 9 heteroatoms. The number of halogens is 3. The van der Waals surface area contributed by atoms with Crippen molar-refractivity contribution in [2.45, 2.75) is 20.0 Å². The molecule has 0 aliphatic carbocycles. The molecule has 0 saturated heterocycles. The number of esters is 2. The highest BCUT2D eigenvalue weighted by molar-refractivity contribution is 6.46. The first-order valence-electron chi connectivity index (χ1n) is 7.62. The molecular weight excluding hydrogens is 419 g/mol. The number of carbonyl (C=O) groups is 3. The summed E-state index contributed by atoms with van der Waals surface area (Å²) in [7, 11) is 0. The van der Waals surface area contributed by atoms with Gasteiger partial charge in [-0.1, -0.05) is 66.0 Å². The molecule has 0 aromatic heterocycles. The predicted octanol–water partition coefficient (Wildman–Crippen LogP) is 4.56. The summed E-state index contributed by atoms with van der Waals surface area (Å²) in [6.45, 7) is 1.90. The summed E-state index contributed by atoms with van der Waals surface area (Å²) in [5.74, 6) is -5.02. The third-order valence-electron chi connectivity index (χ3n) is 3.47. The average molecular weight is 432 g/mol. The molecule has 6 nitrogen and oxygen atoms in total. The maximum Gasteiger partial charge on any atom is 0.422 e. The molecule has 0 radical (unpaired) electrons. The monoisotopic (exact) mass is 430 g/mol. The molecule has 0 aliphatic heterocycles. The Kier molecular flexibility index (Phi) is 7.07. The third kappa shape index (κ3) is 5.13. The van der Waals surface area contributed by atoms with Crippen LogP contribution in [0.4, 0.5) is 0 Å². The predicted molar refractivity (Wildman–Crippen MR) is 99.7 cm³/mol. The Hall–Kier alpha value is -2.28. The Labute approximate surface area is 169 Å². The van der Waals surface area contributed by atoms with Gasteiger partial charge in [-0.25, -0.2) is 14.4 Å². The fourth-order valence-corrected chi connectivity index (χ4v) is 2.88. The van der Waals surface area contributed by atoms with Crippen LogP contribution in [-0.2, 0) is 27.4 Å². The fourth-order valence-electron chi connectivity index (χ4n) is 2.16. The highest BCUT2D eigenvalue weighted by Crippen LogP contribution is 2.40. The van der Waals surface area contributed by atoms with Crippen LogP contribution in [0.15, 0.2) is 30.3 Å². The summed E-state index contributed by atoms with van der Waals surface area (Å²) < 4.78 is 9.88. The molecule has 0 aliphatic rings. The summed E-state index contributed by atoms with van der Waals surface area (Å²) >= 11 is 17.9.